The van der Waals surface area contributed by atoms with Gasteiger partial charge in [0.25, 0.3) is 5.91 Å². The monoisotopic (exact) mass is 315 g/mol. The van der Waals surface area contributed by atoms with Gasteiger partial charge in [0.05, 0.1) is 5.56 Å². The summed E-state index contributed by atoms with van der Waals surface area (Å²) in [5.74, 6) is -0.443. The van der Waals surface area contributed by atoms with E-state index < -0.39 is 5.82 Å². The Morgan fingerprint density at radius 2 is 2.11 bits per heavy atom. The Kier molecular flexibility index (Phi) is 4.22. The number of hydrogen-bond donors (Lipinski definition) is 1. The summed E-state index contributed by atoms with van der Waals surface area (Å²) in [6.45, 7) is 1.37. The maximum atomic E-state index is 12.9. The Morgan fingerprint density at radius 3 is 2.67 bits per heavy atom. The lowest BCUT2D eigenvalue weighted by atomic mass is 9.98. The SMILES string of the molecule is O=C(c1ccc(F)cc1O)N1CCC(CBr)CC1. The number of carbonyl (C=O) groups excluding carboxylic acids is 1. The molecule has 0 saturated carbocycles. The molecule has 0 aromatic heterocycles. The molecule has 1 saturated heterocycles. The van der Waals surface area contributed by atoms with Crippen molar-refractivity contribution in [2.75, 3.05) is 18.4 Å². The molecule has 1 fully saturated rings. The Bertz CT molecular complexity index is 445. The molecule has 0 atom stereocenters. The summed E-state index contributed by atoms with van der Waals surface area (Å²) >= 11 is 3.45. The van der Waals surface area contributed by atoms with E-state index >= 15 is 0 Å². The number of likely N-dealkylation sites (tertiary alicyclic amines) is 1. The van der Waals surface area contributed by atoms with Crippen LogP contribution in [0.25, 0.3) is 0 Å². The van der Waals surface area contributed by atoms with Crippen LogP contribution in [0.5, 0.6) is 5.75 Å². The second-order valence-electron chi connectivity index (χ2n) is 4.55. The molecule has 0 bridgehead atoms. The summed E-state index contributed by atoms with van der Waals surface area (Å²) in [6, 6.07) is 3.50. The van der Waals surface area contributed by atoms with E-state index in [0.29, 0.717) is 19.0 Å². The van der Waals surface area contributed by atoms with Crippen LogP contribution in [0.1, 0.15) is 23.2 Å². The molecule has 3 nitrogen and oxygen atoms in total. The van der Waals surface area contributed by atoms with E-state index in [1.807, 2.05) is 0 Å². The van der Waals surface area contributed by atoms with Gasteiger partial charge in [0.1, 0.15) is 11.6 Å². The molecule has 1 heterocycles. The van der Waals surface area contributed by atoms with Crippen LogP contribution in [0, 0.1) is 11.7 Å². The first-order valence-electron chi connectivity index (χ1n) is 5.95. The van der Waals surface area contributed by atoms with E-state index in [1.165, 1.54) is 12.1 Å². The summed E-state index contributed by atoms with van der Waals surface area (Å²) in [4.78, 5) is 13.9. The van der Waals surface area contributed by atoms with Crippen molar-refractivity contribution in [3.63, 3.8) is 0 Å². The maximum absolute atomic E-state index is 12.9. The molecular formula is C13H15BrFNO2. The summed E-state index contributed by atoms with van der Waals surface area (Å²) < 4.78 is 12.9. The summed E-state index contributed by atoms with van der Waals surface area (Å²) in [5.41, 5.74) is 0.175. The number of rotatable bonds is 2. The fraction of sp³-hybridized carbons (Fsp3) is 0.462. The van der Waals surface area contributed by atoms with Gasteiger partial charge in [-0.25, -0.2) is 4.39 Å². The van der Waals surface area contributed by atoms with Gasteiger partial charge < -0.3 is 10.0 Å². The Hall–Kier alpha value is -1.10. The number of aromatic hydroxyl groups is 1. The predicted molar refractivity (Wildman–Crippen MR) is 70.5 cm³/mol. The number of halogens is 2. The van der Waals surface area contributed by atoms with Crippen molar-refractivity contribution in [2.45, 2.75) is 12.8 Å². The molecule has 5 heteroatoms. The third kappa shape index (κ3) is 2.83. The molecule has 1 aromatic carbocycles. The number of benzene rings is 1. The second kappa shape index (κ2) is 5.69. The van der Waals surface area contributed by atoms with E-state index in [2.05, 4.69) is 15.9 Å². The second-order valence-corrected chi connectivity index (χ2v) is 5.20. The van der Waals surface area contributed by atoms with Crippen LogP contribution in [0.3, 0.4) is 0 Å². The number of phenolic OH excluding ortho intramolecular Hbond substituents is 1. The highest BCUT2D eigenvalue weighted by atomic mass is 79.9. The van der Waals surface area contributed by atoms with Gasteiger partial charge in [-0.05, 0) is 30.9 Å². The number of piperidine rings is 1. The molecule has 0 spiro atoms. The molecule has 1 aromatic rings. The van der Waals surface area contributed by atoms with Gasteiger partial charge in [-0.2, -0.15) is 0 Å². The lowest BCUT2D eigenvalue weighted by Crippen LogP contribution is -2.38. The molecule has 0 aliphatic carbocycles. The quantitative estimate of drug-likeness (QED) is 0.853. The smallest absolute Gasteiger partial charge is 0.257 e. The summed E-state index contributed by atoms with van der Waals surface area (Å²) in [7, 11) is 0. The zero-order valence-corrected chi connectivity index (χ0v) is 11.5. The highest BCUT2D eigenvalue weighted by Gasteiger charge is 2.24. The van der Waals surface area contributed by atoms with Gasteiger partial charge in [0, 0.05) is 24.5 Å². The molecular weight excluding hydrogens is 301 g/mol. The zero-order valence-electron chi connectivity index (χ0n) is 9.90. The predicted octanol–water partition coefficient (Wildman–Crippen LogP) is 2.78. The number of alkyl halides is 1. The number of hydrogen-bond acceptors (Lipinski definition) is 2. The third-order valence-electron chi connectivity index (χ3n) is 3.31. The Labute approximate surface area is 114 Å². The summed E-state index contributed by atoms with van der Waals surface area (Å²) in [5, 5.41) is 10.6. The van der Waals surface area contributed by atoms with Crippen LogP contribution in [0.4, 0.5) is 4.39 Å². The molecule has 98 valence electrons. The van der Waals surface area contributed by atoms with Crippen molar-refractivity contribution in [2.24, 2.45) is 5.92 Å². The average molecular weight is 316 g/mol. The van der Waals surface area contributed by atoms with Crippen molar-refractivity contribution >= 4 is 21.8 Å². The van der Waals surface area contributed by atoms with Crippen LogP contribution in [-0.4, -0.2) is 34.3 Å². The van der Waals surface area contributed by atoms with Crippen LogP contribution < -0.4 is 0 Å². The van der Waals surface area contributed by atoms with E-state index in [-0.39, 0.29) is 17.2 Å². The van der Waals surface area contributed by atoms with Gasteiger partial charge in [0.15, 0.2) is 0 Å². The number of amides is 1. The normalized spacial score (nSPS) is 16.9. The summed E-state index contributed by atoms with van der Waals surface area (Å²) in [6.07, 6.45) is 1.91. The third-order valence-corrected chi connectivity index (χ3v) is 4.23. The van der Waals surface area contributed by atoms with Crippen molar-refractivity contribution in [3.05, 3.63) is 29.6 Å². The molecule has 18 heavy (non-hydrogen) atoms. The largest absolute Gasteiger partial charge is 0.507 e. The van der Waals surface area contributed by atoms with Crippen molar-refractivity contribution in [1.82, 2.24) is 4.90 Å². The van der Waals surface area contributed by atoms with Gasteiger partial charge >= 0.3 is 0 Å². The van der Waals surface area contributed by atoms with Crippen molar-refractivity contribution in [1.29, 1.82) is 0 Å². The van der Waals surface area contributed by atoms with E-state index in [4.69, 9.17) is 0 Å². The minimum absolute atomic E-state index is 0.175. The van der Waals surface area contributed by atoms with Crippen LogP contribution in [0.2, 0.25) is 0 Å². The van der Waals surface area contributed by atoms with E-state index in [9.17, 15) is 14.3 Å². The highest BCUT2D eigenvalue weighted by Crippen LogP contribution is 2.24. The standard InChI is InChI=1S/C13H15BrFNO2/c14-8-9-3-5-16(6-4-9)13(18)11-2-1-10(15)7-12(11)17/h1-2,7,9,17H,3-6,8H2. The fourth-order valence-corrected chi connectivity index (χ4v) is 2.79. The zero-order chi connectivity index (χ0) is 13.1. The van der Waals surface area contributed by atoms with Gasteiger partial charge in [-0.3, -0.25) is 4.79 Å². The lowest BCUT2D eigenvalue weighted by Gasteiger charge is -2.31. The van der Waals surface area contributed by atoms with E-state index in [0.717, 1.165) is 24.2 Å². The Morgan fingerprint density at radius 1 is 1.44 bits per heavy atom. The molecule has 0 radical (unpaired) electrons. The minimum atomic E-state index is -0.540. The van der Waals surface area contributed by atoms with Crippen molar-refractivity contribution in [3.8, 4) is 5.75 Å². The van der Waals surface area contributed by atoms with Crippen LogP contribution in [0.15, 0.2) is 18.2 Å². The number of phenols is 1. The first-order chi connectivity index (χ1) is 8.61. The van der Waals surface area contributed by atoms with Crippen LogP contribution in [-0.2, 0) is 0 Å². The molecule has 1 aliphatic heterocycles. The first kappa shape index (κ1) is 13.3. The number of nitrogens with zero attached hydrogens (tertiary/aromatic N) is 1. The van der Waals surface area contributed by atoms with Gasteiger partial charge in [0.2, 0.25) is 0 Å². The molecule has 1 amide bonds. The van der Waals surface area contributed by atoms with Crippen LogP contribution >= 0.6 is 15.9 Å². The van der Waals surface area contributed by atoms with Gasteiger partial charge in [-0.15, -0.1) is 0 Å². The lowest BCUT2D eigenvalue weighted by molar-refractivity contribution is 0.0696. The molecule has 0 unspecified atom stereocenters. The highest BCUT2D eigenvalue weighted by molar-refractivity contribution is 9.09. The first-order valence-corrected chi connectivity index (χ1v) is 7.07. The molecule has 1 aliphatic rings. The number of carbonyl (C=O) groups is 1. The van der Waals surface area contributed by atoms with Crippen molar-refractivity contribution < 1.29 is 14.3 Å². The van der Waals surface area contributed by atoms with Gasteiger partial charge in [-0.1, -0.05) is 15.9 Å². The maximum Gasteiger partial charge on any atom is 0.257 e. The topological polar surface area (TPSA) is 40.5 Å². The fourth-order valence-electron chi connectivity index (χ4n) is 2.15. The minimum Gasteiger partial charge on any atom is -0.507 e. The molecule has 1 N–H and O–H groups in total. The Balaban J connectivity index is 2.08. The average Bonchev–Trinajstić information content (AvgIpc) is 2.38. The van der Waals surface area contributed by atoms with E-state index in [1.54, 1.807) is 4.90 Å². The molecule has 2 rings (SSSR count).